The summed E-state index contributed by atoms with van der Waals surface area (Å²) >= 11 is 0. The van der Waals surface area contributed by atoms with Gasteiger partial charge < -0.3 is 20.3 Å². The van der Waals surface area contributed by atoms with Crippen LogP contribution in [-0.4, -0.2) is 62.8 Å². The molecule has 5 rings (SSSR count). The Kier molecular flexibility index (Phi) is 5.06. The van der Waals surface area contributed by atoms with Crippen molar-refractivity contribution in [1.82, 2.24) is 29.9 Å². The predicted octanol–water partition coefficient (Wildman–Crippen LogP) is 2.12. The molecule has 1 saturated heterocycles. The summed E-state index contributed by atoms with van der Waals surface area (Å²) in [5.41, 5.74) is 3.31. The Balaban J connectivity index is 1.54. The Labute approximate surface area is 184 Å². The zero-order chi connectivity index (χ0) is 22.2. The molecule has 0 saturated carbocycles. The number of ether oxygens (including phenoxy) is 1. The molecule has 1 aliphatic heterocycles. The van der Waals surface area contributed by atoms with Crippen molar-refractivity contribution in [2.24, 2.45) is 0 Å². The third-order valence-corrected chi connectivity index (χ3v) is 5.56. The van der Waals surface area contributed by atoms with Crippen LogP contribution in [0.3, 0.4) is 0 Å². The van der Waals surface area contributed by atoms with E-state index in [-0.39, 0.29) is 11.9 Å². The Morgan fingerprint density at radius 3 is 2.75 bits per heavy atom. The maximum atomic E-state index is 13.2. The molecule has 32 heavy (non-hydrogen) atoms. The SMILES string of the molecule is COc1ncc2c(N3C[C@H](C)N[C@@H](C)C3)ccc(C(=O)Nc3ccc4ncnn4c3)c2n1. The molecular formula is C22H24N8O2. The highest BCUT2D eigenvalue weighted by molar-refractivity contribution is 6.13. The highest BCUT2D eigenvalue weighted by Crippen LogP contribution is 2.31. The molecule has 2 N–H and O–H groups in total. The Morgan fingerprint density at radius 2 is 1.97 bits per heavy atom. The summed E-state index contributed by atoms with van der Waals surface area (Å²) in [6.07, 6.45) is 4.91. The van der Waals surface area contributed by atoms with Gasteiger partial charge >= 0.3 is 6.01 Å². The van der Waals surface area contributed by atoms with Crippen molar-refractivity contribution in [3.05, 3.63) is 48.5 Å². The van der Waals surface area contributed by atoms with Crippen LogP contribution < -0.4 is 20.3 Å². The molecule has 1 amide bonds. The minimum absolute atomic E-state index is 0.217. The molecule has 4 heterocycles. The summed E-state index contributed by atoms with van der Waals surface area (Å²) in [7, 11) is 1.51. The van der Waals surface area contributed by atoms with Gasteiger partial charge in [-0.3, -0.25) is 4.79 Å². The van der Waals surface area contributed by atoms with Crippen LogP contribution in [0.1, 0.15) is 24.2 Å². The number of fused-ring (bicyclic) bond motifs is 2. The van der Waals surface area contributed by atoms with Gasteiger partial charge in [0.25, 0.3) is 5.91 Å². The van der Waals surface area contributed by atoms with Crippen molar-refractivity contribution >= 4 is 33.8 Å². The van der Waals surface area contributed by atoms with E-state index in [0.29, 0.717) is 34.5 Å². The van der Waals surface area contributed by atoms with Gasteiger partial charge in [-0.25, -0.2) is 14.5 Å². The summed E-state index contributed by atoms with van der Waals surface area (Å²) in [4.78, 5) is 28.5. The number of pyridine rings is 1. The summed E-state index contributed by atoms with van der Waals surface area (Å²) < 4.78 is 6.84. The first-order valence-electron chi connectivity index (χ1n) is 10.5. The number of carbonyl (C=O) groups is 1. The predicted molar refractivity (Wildman–Crippen MR) is 121 cm³/mol. The molecule has 1 aliphatic rings. The second kappa shape index (κ2) is 8.04. The van der Waals surface area contributed by atoms with Crippen molar-refractivity contribution in [2.75, 3.05) is 30.4 Å². The van der Waals surface area contributed by atoms with Gasteiger partial charge in [-0.05, 0) is 38.1 Å². The second-order valence-corrected chi connectivity index (χ2v) is 8.06. The van der Waals surface area contributed by atoms with Crippen LogP contribution in [0, 0.1) is 0 Å². The van der Waals surface area contributed by atoms with Crippen molar-refractivity contribution in [2.45, 2.75) is 25.9 Å². The van der Waals surface area contributed by atoms with Crippen molar-refractivity contribution < 1.29 is 9.53 Å². The van der Waals surface area contributed by atoms with Crippen LogP contribution in [0.5, 0.6) is 6.01 Å². The number of methoxy groups -OCH3 is 1. The minimum atomic E-state index is -0.274. The molecular weight excluding hydrogens is 408 g/mol. The van der Waals surface area contributed by atoms with Crippen LogP contribution in [0.25, 0.3) is 16.6 Å². The van der Waals surface area contributed by atoms with Gasteiger partial charge in [0.2, 0.25) is 0 Å². The number of carbonyl (C=O) groups excluding carboxylic acids is 1. The van der Waals surface area contributed by atoms with E-state index in [1.54, 1.807) is 29.0 Å². The summed E-state index contributed by atoms with van der Waals surface area (Å²) in [5.74, 6) is -0.274. The highest BCUT2D eigenvalue weighted by Gasteiger charge is 2.24. The minimum Gasteiger partial charge on any atom is -0.467 e. The summed E-state index contributed by atoms with van der Waals surface area (Å²) in [5, 5.41) is 11.4. The first kappa shape index (κ1) is 20.1. The molecule has 1 fully saturated rings. The van der Waals surface area contributed by atoms with Crippen LogP contribution in [0.4, 0.5) is 11.4 Å². The van der Waals surface area contributed by atoms with E-state index in [1.807, 2.05) is 12.1 Å². The van der Waals surface area contributed by atoms with E-state index in [0.717, 1.165) is 24.2 Å². The number of hydrogen-bond donors (Lipinski definition) is 2. The average Bonchev–Trinajstić information content (AvgIpc) is 3.25. The molecule has 164 valence electrons. The monoisotopic (exact) mass is 432 g/mol. The largest absolute Gasteiger partial charge is 0.467 e. The summed E-state index contributed by atoms with van der Waals surface area (Å²) in [6.45, 7) is 6.04. The number of hydrogen-bond acceptors (Lipinski definition) is 8. The first-order chi connectivity index (χ1) is 15.5. The number of rotatable bonds is 4. The van der Waals surface area contributed by atoms with Gasteiger partial charge in [0.05, 0.1) is 30.1 Å². The van der Waals surface area contributed by atoms with Gasteiger partial charge in [0.1, 0.15) is 6.33 Å². The van der Waals surface area contributed by atoms with E-state index < -0.39 is 0 Å². The van der Waals surface area contributed by atoms with E-state index in [1.165, 1.54) is 13.4 Å². The van der Waals surface area contributed by atoms with Crippen LogP contribution in [-0.2, 0) is 0 Å². The van der Waals surface area contributed by atoms with E-state index in [4.69, 9.17) is 4.74 Å². The quantitative estimate of drug-likeness (QED) is 0.505. The van der Waals surface area contributed by atoms with Crippen molar-refractivity contribution in [3.63, 3.8) is 0 Å². The number of aromatic nitrogens is 5. The second-order valence-electron chi connectivity index (χ2n) is 8.06. The molecule has 0 spiro atoms. The third-order valence-electron chi connectivity index (χ3n) is 5.56. The maximum Gasteiger partial charge on any atom is 0.316 e. The van der Waals surface area contributed by atoms with Crippen LogP contribution in [0.15, 0.2) is 43.0 Å². The topological polar surface area (TPSA) is 110 Å². The van der Waals surface area contributed by atoms with Crippen molar-refractivity contribution in [1.29, 1.82) is 0 Å². The number of anilines is 2. The van der Waals surface area contributed by atoms with Gasteiger partial charge in [0.15, 0.2) is 5.65 Å². The Bertz CT molecular complexity index is 1290. The van der Waals surface area contributed by atoms with Crippen molar-refractivity contribution in [3.8, 4) is 6.01 Å². The molecule has 2 atom stereocenters. The first-order valence-corrected chi connectivity index (χ1v) is 10.5. The zero-order valence-corrected chi connectivity index (χ0v) is 18.1. The van der Waals surface area contributed by atoms with Crippen LogP contribution >= 0.6 is 0 Å². The van der Waals surface area contributed by atoms with E-state index >= 15 is 0 Å². The van der Waals surface area contributed by atoms with E-state index in [9.17, 15) is 4.79 Å². The lowest BCUT2D eigenvalue weighted by molar-refractivity contribution is 0.102. The Morgan fingerprint density at radius 1 is 1.16 bits per heavy atom. The molecule has 0 radical (unpaired) electrons. The fourth-order valence-electron chi connectivity index (χ4n) is 4.26. The van der Waals surface area contributed by atoms with Gasteiger partial charge in [0, 0.05) is 42.4 Å². The number of nitrogens with one attached hydrogen (secondary N) is 2. The molecule has 0 unspecified atom stereocenters. The zero-order valence-electron chi connectivity index (χ0n) is 18.1. The molecule has 10 nitrogen and oxygen atoms in total. The van der Waals surface area contributed by atoms with Gasteiger partial charge in [-0.15, -0.1) is 0 Å². The normalized spacial score (nSPS) is 18.8. The molecule has 0 aliphatic carbocycles. The highest BCUT2D eigenvalue weighted by atomic mass is 16.5. The van der Waals surface area contributed by atoms with Gasteiger partial charge in [-0.1, -0.05) is 0 Å². The number of amides is 1. The molecule has 1 aromatic carbocycles. The number of benzene rings is 1. The third kappa shape index (κ3) is 3.69. The lowest BCUT2D eigenvalue weighted by Gasteiger charge is -2.38. The smallest absolute Gasteiger partial charge is 0.316 e. The Hall–Kier alpha value is -3.79. The van der Waals surface area contributed by atoms with Gasteiger partial charge in [-0.2, -0.15) is 10.1 Å². The lowest BCUT2D eigenvalue weighted by Crippen LogP contribution is -2.54. The molecule has 3 aromatic heterocycles. The summed E-state index contributed by atoms with van der Waals surface area (Å²) in [6, 6.07) is 8.28. The molecule has 4 aromatic rings. The average molecular weight is 432 g/mol. The number of piperazine rings is 1. The number of nitrogens with zero attached hydrogens (tertiary/aromatic N) is 6. The maximum absolute atomic E-state index is 13.2. The fourth-order valence-corrected chi connectivity index (χ4v) is 4.26. The van der Waals surface area contributed by atoms with E-state index in [2.05, 4.69) is 49.4 Å². The van der Waals surface area contributed by atoms with Crippen LogP contribution in [0.2, 0.25) is 0 Å². The molecule has 10 heteroatoms. The fraction of sp³-hybridized carbons (Fsp3) is 0.318. The standard InChI is InChI=1S/C22H24N8O2/c1-13-9-29(10-14(2)26-13)18-6-5-16(20-17(18)8-23-22(28-20)32-3)21(31)27-15-4-7-19-24-12-25-30(19)11-15/h4-8,11-14,26H,9-10H2,1-3H3,(H,27,31)/t13-,14-/m0/s1. The molecule has 0 bridgehead atoms. The lowest BCUT2D eigenvalue weighted by atomic mass is 10.0.